The molecule has 1 spiro atoms. The third-order valence-electron chi connectivity index (χ3n) is 3.22. The van der Waals surface area contributed by atoms with Crippen molar-refractivity contribution >= 4 is 0 Å². The van der Waals surface area contributed by atoms with Gasteiger partial charge in [-0.1, -0.05) is 25.7 Å². The minimum absolute atomic E-state index is 0.104. The zero-order chi connectivity index (χ0) is 8.99. The van der Waals surface area contributed by atoms with Crippen LogP contribution < -0.4 is 0 Å². The molecule has 0 N–H and O–H groups in total. The summed E-state index contributed by atoms with van der Waals surface area (Å²) in [4.78, 5) is 0. The Kier molecular flexibility index (Phi) is 3.23. The molecule has 1 saturated carbocycles. The highest BCUT2D eigenvalue weighted by Gasteiger charge is 2.33. The second-order valence-electron chi connectivity index (χ2n) is 4.35. The van der Waals surface area contributed by atoms with Crippen LogP contribution in [0.1, 0.15) is 44.9 Å². The molecule has 1 heterocycles. The van der Waals surface area contributed by atoms with Crippen molar-refractivity contribution in [3.8, 4) is 0 Å². The van der Waals surface area contributed by atoms with Crippen molar-refractivity contribution < 1.29 is 9.47 Å². The van der Waals surface area contributed by atoms with Gasteiger partial charge in [-0.3, -0.25) is 0 Å². The van der Waals surface area contributed by atoms with E-state index in [1.54, 1.807) is 0 Å². The van der Waals surface area contributed by atoms with Gasteiger partial charge in [-0.05, 0) is 19.3 Å². The summed E-state index contributed by atoms with van der Waals surface area (Å²) < 4.78 is 11.6. The fourth-order valence-electron chi connectivity index (χ4n) is 2.41. The van der Waals surface area contributed by atoms with Crippen LogP contribution in [-0.4, -0.2) is 25.4 Å². The van der Waals surface area contributed by atoms with Crippen molar-refractivity contribution in [2.24, 2.45) is 0 Å². The Bertz CT molecular complexity index is 119. The molecule has 2 aliphatic rings. The smallest absolute Gasteiger partial charge is 0.0914 e. The van der Waals surface area contributed by atoms with Gasteiger partial charge < -0.3 is 9.47 Å². The summed E-state index contributed by atoms with van der Waals surface area (Å²) >= 11 is 0. The van der Waals surface area contributed by atoms with Crippen LogP contribution in [0, 0.1) is 0 Å². The molecule has 2 nitrogen and oxygen atoms in total. The number of hydrogen-bond acceptors (Lipinski definition) is 2. The van der Waals surface area contributed by atoms with Crippen LogP contribution in [0.4, 0.5) is 0 Å². The zero-order valence-electron chi connectivity index (χ0n) is 8.39. The van der Waals surface area contributed by atoms with E-state index in [2.05, 4.69) is 0 Å². The Morgan fingerprint density at radius 3 is 2.31 bits per heavy atom. The summed E-state index contributed by atoms with van der Waals surface area (Å²) in [5, 5.41) is 0. The Morgan fingerprint density at radius 2 is 1.54 bits per heavy atom. The SMILES string of the molecule is C1CCCC2(CC1)COCCCO2. The lowest BCUT2D eigenvalue weighted by atomic mass is 9.95. The van der Waals surface area contributed by atoms with Gasteiger partial charge in [0, 0.05) is 13.2 Å². The predicted molar refractivity (Wildman–Crippen MR) is 51.8 cm³/mol. The highest BCUT2D eigenvalue weighted by molar-refractivity contribution is 4.84. The normalized spacial score (nSPS) is 29.5. The Morgan fingerprint density at radius 1 is 0.769 bits per heavy atom. The molecule has 0 aromatic carbocycles. The van der Waals surface area contributed by atoms with E-state index in [9.17, 15) is 0 Å². The van der Waals surface area contributed by atoms with E-state index in [-0.39, 0.29) is 5.60 Å². The minimum Gasteiger partial charge on any atom is -0.378 e. The maximum atomic E-state index is 5.99. The van der Waals surface area contributed by atoms with Crippen LogP contribution in [0.15, 0.2) is 0 Å². The van der Waals surface area contributed by atoms with Crippen molar-refractivity contribution in [2.75, 3.05) is 19.8 Å². The van der Waals surface area contributed by atoms with E-state index in [1.807, 2.05) is 0 Å². The third kappa shape index (κ3) is 2.44. The lowest BCUT2D eigenvalue weighted by molar-refractivity contribution is -0.0775. The van der Waals surface area contributed by atoms with E-state index in [0.29, 0.717) is 0 Å². The van der Waals surface area contributed by atoms with Gasteiger partial charge in [0.2, 0.25) is 0 Å². The minimum atomic E-state index is 0.104. The van der Waals surface area contributed by atoms with Crippen molar-refractivity contribution in [1.82, 2.24) is 0 Å². The molecular weight excluding hydrogens is 164 g/mol. The van der Waals surface area contributed by atoms with Gasteiger partial charge in [0.15, 0.2) is 0 Å². The van der Waals surface area contributed by atoms with Crippen molar-refractivity contribution in [2.45, 2.75) is 50.5 Å². The van der Waals surface area contributed by atoms with Crippen molar-refractivity contribution in [3.63, 3.8) is 0 Å². The molecule has 2 fully saturated rings. The molecule has 0 unspecified atom stereocenters. The lowest BCUT2D eigenvalue weighted by Crippen LogP contribution is -2.36. The standard InChI is InChI=1S/C11H20O2/c1-2-4-7-11(6-3-1)10-12-8-5-9-13-11/h1-10H2. The predicted octanol–water partition coefficient (Wildman–Crippen LogP) is 2.52. The van der Waals surface area contributed by atoms with Crippen LogP contribution in [0.25, 0.3) is 0 Å². The summed E-state index contributed by atoms with van der Waals surface area (Å²) in [7, 11) is 0. The average molecular weight is 184 g/mol. The van der Waals surface area contributed by atoms with Crippen LogP contribution in [-0.2, 0) is 9.47 Å². The van der Waals surface area contributed by atoms with Crippen molar-refractivity contribution in [3.05, 3.63) is 0 Å². The summed E-state index contributed by atoms with van der Waals surface area (Å²) in [5.41, 5.74) is 0.104. The Labute approximate surface area is 80.6 Å². The fourth-order valence-corrected chi connectivity index (χ4v) is 2.41. The van der Waals surface area contributed by atoms with E-state index >= 15 is 0 Å². The molecule has 0 amide bonds. The van der Waals surface area contributed by atoms with E-state index in [4.69, 9.17) is 9.47 Å². The number of hydrogen-bond donors (Lipinski definition) is 0. The molecule has 0 radical (unpaired) electrons. The first-order valence-corrected chi connectivity index (χ1v) is 5.63. The first-order chi connectivity index (χ1) is 6.41. The second kappa shape index (κ2) is 4.43. The van der Waals surface area contributed by atoms with Gasteiger partial charge in [-0.25, -0.2) is 0 Å². The monoisotopic (exact) mass is 184 g/mol. The van der Waals surface area contributed by atoms with E-state index < -0.39 is 0 Å². The number of rotatable bonds is 0. The summed E-state index contributed by atoms with van der Waals surface area (Å²) in [6, 6.07) is 0. The number of ether oxygens (including phenoxy) is 2. The molecule has 0 aromatic rings. The molecule has 0 bridgehead atoms. The molecule has 13 heavy (non-hydrogen) atoms. The summed E-state index contributed by atoms with van der Waals surface area (Å²) in [6.45, 7) is 2.63. The van der Waals surface area contributed by atoms with Crippen LogP contribution in [0.5, 0.6) is 0 Å². The maximum absolute atomic E-state index is 5.99. The van der Waals surface area contributed by atoms with Crippen LogP contribution >= 0.6 is 0 Å². The molecule has 76 valence electrons. The first-order valence-electron chi connectivity index (χ1n) is 5.63. The molecular formula is C11H20O2. The summed E-state index contributed by atoms with van der Waals surface area (Å²) in [5.74, 6) is 0. The molecule has 0 atom stereocenters. The van der Waals surface area contributed by atoms with Gasteiger partial charge in [-0.2, -0.15) is 0 Å². The lowest BCUT2D eigenvalue weighted by Gasteiger charge is -2.30. The van der Waals surface area contributed by atoms with Gasteiger partial charge in [0.25, 0.3) is 0 Å². The highest BCUT2D eigenvalue weighted by atomic mass is 16.6. The third-order valence-corrected chi connectivity index (χ3v) is 3.22. The quantitative estimate of drug-likeness (QED) is 0.576. The van der Waals surface area contributed by atoms with Gasteiger partial charge in [0.1, 0.15) is 0 Å². The zero-order valence-corrected chi connectivity index (χ0v) is 8.39. The topological polar surface area (TPSA) is 18.5 Å². The van der Waals surface area contributed by atoms with Crippen LogP contribution in [0.3, 0.4) is 0 Å². The molecule has 2 rings (SSSR count). The fraction of sp³-hybridized carbons (Fsp3) is 1.00. The molecule has 0 aromatic heterocycles. The summed E-state index contributed by atoms with van der Waals surface area (Å²) in [6.07, 6.45) is 8.91. The average Bonchev–Trinajstić information content (AvgIpc) is 2.50. The van der Waals surface area contributed by atoms with Gasteiger partial charge in [-0.15, -0.1) is 0 Å². The van der Waals surface area contributed by atoms with Gasteiger partial charge in [0.05, 0.1) is 12.2 Å². The van der Waals surface area contributed by atoms with Crippen LogP contribution in [0.2, 0.25) is 0 Å². The van der Waals surface area contributed by atoms with Crippen molar-refractivity contribution in [1.29, 1.82) is 0 Å². The first kappa shape index (κ1) is 9.47. The molecule has 1 saturated heterocycles. The molecule has 1 aliphatic carbocycles. The maximum Gasteiger partial charge on any atom is 0.0914 e. The van der Waals surface area contributed by atoms with Gasteiger partial charge >= 0.3 is 0 Å². The highest BCUT2D eigenvalue weighted by Crippen LogP contribution is 2.32. The Balaban J connectivity index is 1.97. The largest absolute Gasteiger partial charge is 0.378 e. The van der Waals surface area contributed by atoms with E-state index in [0.717, 1.165) is 26.2 Å². The van der Waals surface area contributed by atoms with E-state index in [1.165, 1.54) is 38.5 Å². The molecule has 2 heteroatoms. The second-order valence-corrected chi connectivity index (χ2v) is 4.35. The Hall–Kier alpha value is -0.0800. The molecule has 1 aliphatic heterocycles.